The van der Waals surface area contributed by atoms with E-state index in [4.69, 9.17) is 5.11 Å². The minimum Gasteiger partial charge on any atom is -0.481 e. The van der Waals surface area contributed by atoms with Crippen LogP contribution in [-0.4, -0.2) is 29.1 Å². The van der Waals surface area contributed by atoms with Crippen LogP contribution in [0.2, 0.25) is 0 Å². The second kappa shape index (κ2) is 6.84. The molecule has 2 heterocycles. The largest absolute Gasteiger partial charge is 0.481 e. The Morgan fingerprint density at radius 1 is 1.16 bits per heavy atom. The minimum atomic E-state index is -0.686. The maximum atomic E-state index is 10.9. The molecule has 0 atom stereocenters. The van der Waals surface area contributed by atoms with Gasteiger partial charge in [0.25, 0.3) is 0 Å². The third-order valence-corrected chi connectivity index (χ3v) is 5.99. The SMILES string of the molecule is O=C(O)CC1CCN(c2cnc(-c3cccc4ccccc34)s2)CC1. The number of piperidine rings is 1. The van der Waals surface area contributed by atoms with Gasteiger partial charge in [-0.2, -0.15) is 0 Å². The van der Waals surface area contributed by atoms with Crippen molar-refractivity contribution >= 4 is 33.1 Å². The highest BCUT2D eigenvalue weighted by atomic mass is 32.1. The monoisotopic (exact) mass is 352 g/mol. The van der Waals surface area contributed by atoms with E-state index in [-0.39, 0.29) is 6.42 Å². The molecule has 1 fully saturated rings. The fraction of sp³-hybridized carbons (Fsp3) is 0.300. The van der Waals surface area contributed by atoms with Gasteiger partial charge in [-0.05, 0) is 29.5 Å². The van der Waals surface area contributed by atoms with E-state index < -0.39 is 5.97 Å². The fourth-order valence-corrected chi connectivity index (χ4v) is 4.56. The second-order valence-corrected chi connectivity index (χ2v) is 7.57. The number of carbonyl (C=O) groups is 1. The average Bonchev–Trinajstić information content (AvgIpc) is 3.11. The van der Waals surface area contributed by atoms with Crippen molar-refractivity contribution in [2.75, 3.05) is 18.0 Å². The second-order valence-electron chi connectivity index (χ2n) is 6.56. The molecule has 1 saturated heterocycles. The molecule has 2 aromatic carbocycles. The van der Waals surface area contributed by atoms with Crippen LogP contribution in [0.15, 0.2) is 48.7 Å². The van der Waals surface area contributed by atoms with Gasteiger partial charge < -0.3 is 10.0 Å². The first kappa shape index (κ1) is 16.1. The van der Waals surface area contributed by atoms with E-state index >= 15 is 0 Å². The third-order valence-electron chi connectivity index (χ3n) is 4.90. The number of carboxylic acids is 1. The molecule has 1 aromatic heterocycles. The predicted molar refractivity (Wildman–Crippen MR) is 102 cm³/mol. The first-order valence-corrected chi connectivity index (χ1v) is 9.43. The molecule has 0 radical (unpaired) electrons. The molecule has 128 valence electrons. The highest BCUT2D eigenvalue weighted by Crippen LogP contribution is 2.36. The molecule has 0 aliphatic carbocycles. The lowest BCUT2D eigenvalue weighted by Crippen LogP contribution is -2.33. The van der Waals surface area contributed by atoms with Crippen LogP contribution >= 0.6 is 11.3 Å². The molecule has 1 N–H and O–H groups in total. The summed E-state index contributed by atoms with van der Waals surface area (Å²) in [6.07, 6.45) is 4.12. The lowest BCUT2D eigenvalue weighted by atomic mass is 9.94. The number of thiazole rings is 1. The molecule has 5 heteroatoms. The number of aliphatic carboxylic acids is 1. The highest BCUT2D eigenvalue weighted by molar-refractivity contribution is 7.19. The number of benzene rings is 2. The van der Waals surface area contributed by atoms with Gasteiger partial charge in [0, 0.05) is 25.1 Å². The number of carboxylic acid groups (broad SMARTS) is 1. The first-order chi connectivity index (χ1) is 12.2. The van der Waals surface area contributed by atoms with Gasteiger partial charge in [0.2, 0.25) is 0 Å². The van der Waals surface area contributed by atoms with Gasteiger partial charge in [0.15, 0.2) is 0 Å². The Morgan fingerprint density at radius 3 is 2.72 bits per heavy atom. The van der Waals surface area contributed by atoms with Crippen molar-refractivity contribution in [1.82, 2.24) is 4.98 Å². The van der Waals surface area contributed by atoms with Crippen LogP contribution < -0.4 is 4.90 Å². The van der Waals surface area contributed by atoms with Crippen molar-refractivity contribution in [2.45, 2.75) is 19.3 Å². The van der Waals surface area contributed by atoms with Crippen molar-refractivity contribution in [3.8, 4) is 10.6 Å². The van der Waals surface area contributed by atoms with Crippen molar-refractivity contribution in [3.63, 3.8) is 0 Å². The maximum absolute atomic E-state index is 10.9. The van der Waals surface area contributed by atoms with Crippen LogP contribution in [0.3, 0.4) is 0 Å². The van der Waals surface area contributed by atoms with Gasteiger partial charge in [-0.1, -0.05) is 53.8 Å². The van der Waals surface area contributed by atoms with Gasteiger partial charge >= 0.3 is 5.97 Å². The lowest BCUT2D eigenvalue weighted by molar-refractivity contribution is -0.138. The van der Waals surface area contributed by atoms with E-state index in [2.05, 4.69) is 52.3 Å². The minimum absolute atomic E-state index is 0.289. The zero-order chi connectivity index (χ0) is 17.2. The number of hydrogen-bond donors (Lipinski definition) is 1. The molecule has 25 heavy (non-hydrogen) atoms. The van der Waals surface area contributed by atoms with Gasteiger partial charge in [0.1, 0.15) is 10.0 Å². The molecule has 4 rings (SSSR count). The van der Waals surface area contributed by atoms with E-state index in [0.717, 1.165) is 30.9 Å². The summed E-state index contributed by atoms with van der Waals surface area (Å²) in [4.78, 5) is 17.9. The number of anilines is 1. The van der Waals surface area contributed by atoms with Gasteiger partial charge in [-0.15, -0.1) is 0 Å². The fourth-order valence-electron chi connectivity index (χ4n) is 3.55. The lowest BCUT2D eigenvalue weighted by Gasteiger charge is -2.31. The van der Waals surface area contributed by atoms with Crippen LogP contribution in [-0.2, 0) is 4.79 Å². The Labute approximate surface area is 150 Å². The molecule has 1 aliphatic rings. The Hall–Kier alpha value is -2.40. The van der Waals surface area contributed by atoms with Crippen LogP contribution in [0, 0.1) is 5.92 Å². The van der Waals surface area contributed by atoms with E-state index in [1.807, 2.05) is 6.20 Å². The number of nitrogens with zero attached hydrogens (tertiary/aromatic N) is 2. The summed E-state index contributed by atoms with van der Waals surface area (Å²) in [5.74, 6) is -0.381. The molecule has 1 aliphatic heterocycles. The summed E-state index contributed by atoms with van der Waals surface area (Å²) in [5.41, 5.74) is 1.18. The number of fused-ring (bicyclic) bond motifs is 1. The van der Waals surface area contributed by atoms with Crippen LogP contribution in [0.1, 0.15) is 19.3 Å². The molecular formula is C20H20N2O2S. The molecule has 0 saturated carbocycles. The molecular weight excluding hydrogens is 332 g/mol. The zero-order valence-electron chi connectivity index (χ0n) is 13.9. The predicted octanol–water partition coefficient (Wildman–Crippen LogP) is 4.65. The van der Waals surface area contributed by atoms with Crippen molar-refractivity contribution in [3.05, 3.63) is 48.7 Å². The summed E-state index contributed by atoms with van der Waals surface area (Å²) in [5, 5.41) is 13.6. The van der Waals surface area contributed by atoms with E-state index in [1.165, 1.54) is 21.3 Å². The van der Waals surface area contributed by atoms with Crippen LogP contribution in [0.25, 0.3) is 21.3 Å². The molecule has 0 unspecified atom stereocenters. The first-order valence-electron chi connectivity index (χ1n) is 8.61. The van der Waals surface area contributed by atoms with Crippen molar-refractivity contribution < 1.29 is 9.90 Å². The van der Waals surface area contributed by atoms with Crippen molar-refractivity contribution in [2.24, 2.45) is 5.92 Å². The average molecular weight is 352 g/mol. The van der Waals surface area contributed by atoms with Gasteiger partial charge in [-0.3, -0.25) is 4.79 Å². The van der Waals surface area contributed by atoms with Gasteiger partial charge in [0.05, 0.1) is 6.20 Å². The quantitative estimate of drug-likeness (QED) is 0.742. The summed E-state index contributed by atoms with van der Waals surface area (Å²) in [6.45, 7) is 1.82. The van der Waals surface area contributed by atoms with E-state index in [0.29, 0.717) is 5.92 Å². The maximum Gasteiger partial charge on any atom is 0.303 e. The zero-order valence-corrected chi connectivity index (χ0v) is 14.7. The summed E-state index contributed by atoms with van der Waals surface area (Å²) in [7, 11) is 0. The Kier molecular flexibility index (Phi) is 4.40. The van der Waals surface area contributed by atoms with Crippen LogP contribution in [0.5, 0.6) is 0 Å². The molecule has 0 spiro atoms. The Morgan fingerprint density at radius 2 is 1.92 bits per heavy atom. The normalized spacial score (nSPS) is 15.6. The third kappa shape index (κ3) is 3.37. The van der Waals surface area contributed by atoms with Gasteiger partial charge in [-0.25, -0.2) is 4.98 Å². The highest BCUT2D eigenvalue weighted by Gasteiger charge is 2.23. The Balaban J connectivity index is 1.54. The molecule has 0 amide bonds. The number of aromatic nitrogens is 1. The Bertz CT molecular complexity index is 892. The van der Waals surface area contributed by atoms with E-state index in [1.54, 1.807) is 11.3 Å². The van der Waals surface area contributed by atoms with Crippen molar-refractivity contribution in [1.29, 1.82) is 0 Å². The summed E-state index contributed by atoms with van der Waals surface area (Å²) >= 11 is 1.72. The smallest absolute Gasteiger partial charge is 0.303 e. The molecule has 4 nitrogen and oxygen atoms in total. The molecule has 3 aromatic rings. The summed E-state index contributed by atoms with van der Waals surface area (Å²) < 4.78 is 0. The summed E-state index contributed by atoms with van der Waals surface area (Å²) in [6, 6.07) is 14.7. The van der Waals surface area contributed by atoms with E-state index in [9.17, 15) is 4.79 Å². The molecule has 0 bridgehead atoms. The topological polar surface area (TPSA) is 53.4 Å². The van der Waals surface area contributed by atoms with Crippen LogP contribution in [0.4, 0.5) is 5.00 Å². The standard InChI is InChI=1S/C20H20N2O2S/c23-19(24)12-14-8-10-22(11-9-14)18-13-21-20(25-18)17-7-3-5-15-4-1-2-6-16(15)17/h1-7,13-14H,8-12H2,(H,23,24). The number of hydrogen-bond acceptors (Lipinski definition) is 4. The number of rotatable bonds is 4.